The van der Waals surface area contributed by atoms with Crippen LogP contribution in [0.4, 0.5) is 5.69 Å². The third kappa shape index (κ3) is 4.09. The Hall–Kier alpha value is -3.86. The second-order valence-corrected chi connectivity index (χ2v) is 11.0. The summed E-state index contributed by atoms with van der Waals surface area (Å²) in [6.45, 7) is 14.7. The minimum absolute atomic E-state index is 0.0846. The van der Waals surface area contributed by atoms with Crippen molar-refractivity contribution in [1.82, 2.24) is 9.78 Å². The molecule has 0 unspecified atom stereocenters. The molecule has 1 amide bonds. The summed E-state index contributed by atoms with van der Waals surface area (Å²) in [5, 5.41) is 5.18. The van der Waals surface area contributed by atoms with Gasteiger partial charge in [0.25, 0.3) is 0 Å². The van der Waals surface area contributed by atoms with E-state index in [2.05, 4.69) is 87.5 Å². The fourth-order valence-electron chi connectivity index (χ4n) is 5.19. The summed E-state index contributed by atoms with van der Waals surface area (Å²) in [5.41, 5.74) is 17.8. The number of hydrogen-bond donors (Lipinski definition) is 1. The number of anilines is 1. The van der Waals surface area contributed by atoms with Gasteiger partial charge in [-0.3, -0.25) is 4.79 Å². The Labute approximate surface area is 213 Å². The monoisotopic (exact) mass is 478 g/mol. The van der Waals surface area contributed by atoms with Crippen molar-refractivity contribution < 1.29 is 4.79 Å². The van der Waals surface area contributed by atoms with E-state index in [4.69, 9.17) is 10.8 Å². The van der Waals surface area contributed by atoms with Gasteiger partial charge in [-0.05, 0) is 66.6 Å². The van der Waals surface area contributed by atoms with Crippen LogP contribution >= 0.6 is 0 Å². The molecule has 0 bridgehead atoms. The summed E-state index contributed by atoms with van der Waals surface area (Å²) in [4.78, 5) is 14.1. The standard InChI is InChI=1S/C31H34N4O/c1-19-10-15-24(31(4,5)6)16-27(19)34-17-25-26(18-34)33-35(28-20(2)8-7-9-21(28)3)29(25)22-11-13-23(14-12-22)30(32)36/h7-16H,17-18H2,1-6H3,(H2,32,36). The lowest BCUT2D eigenvalue weighted by atomic mass is 9.86. The van der Waals surface area contributed by atoms with E-state index in [0.29, 0.717) is 5.56 Å². The smallest absolute Gasteiger partial charge is 0.248 e. The van der Waals surface area contributed by atoms with Crippen molar-refractivity contribution in [1.29, 1.82) is 0 Å². The average molecular weight is 479 g/mol. The largest absolute Gasteiger partial charge is 0.366 e. The van der Waals surface area contributed by atoms with Crippen molar-refractivity contribution in [3.05, 3.63) is 99.7 Å². The van der Waals surface area contributed by atoms with Crippen LogP contribution in [0.15, 0.2) is 60.7 Å². The second kappa shape index (κ2) is 8.66. The highest BCUT2D eigenvalue weighted by molar-refractivity contribution is 5.93. The van der Waals surface area contributed by atoms with E-state index >= 15 is 0 Å². The molecule has 36 heavy (non-hydrogen) atoms. The molecule has 2 heterocycles. The lowest BCUT2D eigenvalue weighted by Gasteiger charge is -2.26. The zero-order chi connectivity index (χ0) is 25.8. The van der Waals surface area contributed by atoms with Gasteiger partial charge in [0.15, 0.2) is 0 Å². The zero-order valence-electron chi connectivity index (χ0n) is 22.0. The molecule has 5 heteroatoms. The number of primary amides is 1. The third-order valence-electron chi connectivity index (χ3n) is 7.27. The van der Waals surface area contributed by atoms with Gasteiger partial charge in [-0.25, -0.2) is 4.68 Å². The number of amides is 1. The number of carbonyl (C=O) groups is 1. The molecule has 5 nitrogen and oxygen atoms in total. The Bertz CT molecular complexity index is 1450. The molecular weight excluding hydrogens is 444 g/mol. The number of hydrogen-bond acceptors (Lipinski definition) is 3. The number of aromatic nitrogens is 2. The number of nitrogens with zero attached hydrogens (tertiary/aromatic N) is 3. The number of carbonyl (C=O) groups excluding carboxylic acids is 1. The predicted molar refractivity (Wildman–Crippen MR) is 147 cm³/mol. The molecule has 4 aromatic rings. The van der Waals surface area contributed by atoms with E-state index in [-0.39, 0.29) is 5.41 Å². The molecule has 0 saturated heterocycles. The topological polar surface area (TPSA) is 64.2 Å². The molecule has 0 fully saturated rings. The van der Waals surface area contributed by atoms with Crippen LogP contribution in [0.25, 0.3) is 16.9 Å². The van der Waals surface area contributed by atoms with Gasteiger partial charge in [0.05, 0.1) is 23.6 Å². The van der Waals surface area contributed by atoms with Crippen LogP contribution in [-0.4, -0.2) is 15.7 Å². The van der Waals surface area contributed by atoms with E-state index < -0.39 is 5.91 Å². The maximum absolute atomic E-state index is 11.7. The summed E-state index contributed by atoms with van der Waals surface area (Å²) in [6.07, 6.45) is 0. The van der Waals surface area contributed by atoms with Crippen LogP contribution in [0.2, 0.25) is 0 Å². The van der Waals surface area contributed by atoms with Gasteiger partial charge in [0, 0.05) is 28.9 Å². The van der Waals surface area contributed by atoms with Crippen LogP contribution in [0.5, 0.6) is 0 Å². The number of aryl methyl sites for hydroxylation is 3. The Morgan fingerprint density at radius 2 is 1.56 bits per heavy atom. The Kier molecular flexibility index (Phi) is 5.74. The predicted octanol–water partition coefficient (Wildman–Crippen LogP) is 6.38. The number of para-hydroxylation sites is 1. The molecule has 1 aromatic heterocycles. The molecule has 0 radical (unpaired) electrons. The quantitative estimate of drug-likeness (QED) is 0.370. The first-order valence-corrected chi connectivity index (χ1v) is 12.5. The van der Waals surface area contributed by atoms with Gasteiger partial charge in [0.2, 0.25) is 5.91 Å². The first-order chi connectivity index (χ1) is 17.0. The van der Waals surface area contributed by atoms with Crippen LogP contribution in [0.3, 0.4) is 0 Å². The highest BCUT2D eigenvalue weighted by Crippen LogP contribution is 2.39. The van der Waals surface area contributed by atoms with Crippen molar-refractivity contribution in [2.75, 3.05) is 4.90 Å². The van der Waals surface area contributed by atoms with Crippen LogP contribution in [0, 0.1) is 20.8 Å². The van der Waals surface area contributed by atoms with Gasteiger partial charge in [-0.2, -0.15) is 5.10 Å². The third-order valence-corrected chi connectivity index (χ3v) is 7.27. The Morgan fingerprint density at radius 3 is 2.17 bits per heavy atom. The molecule has 0 spiro atoms. The van der Waals surface area contributed by atoms with Gasteiger partial charge in [0.1, 0.15) is 0 Å². The van der Waals surface area contributed by atoms with E-state index in [1.165, 1.54) is 33.5 Å². The molecule has 184 valence electrons. The van der Waals surface area contributed by atoms with Gasteiger partial charge >= 0.3 is 0 Å². The minimum Gasteiger partial charge on any atom is -0.366 e. The molecular formula is C31H34N4O. The van der Waals surface area contributed by atoms with E-state index in [9.17, 15) is 4.79 Å². The van der Waals surface area contributed by atoms with Crippen molar-refractivity contribution in [2.24, 2.45) is 5.73 Å². The number of rotatable bonds is 4. The summed E-state index contributed by atoms with van der Waals surface area (Å²) in [5.74, 6) is -0.421. The summed E-state index contributed by atoms with van der Waals surface area (Å²) < 4.78 is 2.10. The second-order valence-electron chi connectivity index (χ2n) is 11.0. The van der Waals surface area contributed by atoms with Crippen LogP contribution < -0.4 is 10.6 Å². The maximum Gasteiger partial charge on any atom is 0.248 e. The molecule has 0 atom stereocenters. The average Bonchev–Trinajstić information content (AvgIpc) is 3.36. The molecule has 5 rings (SSSR count). The fraction of sp³-hybridized carbons (Fsp3) is 0.290. The molecule has 1 aliphatic rings. The summed E-state index contributed by atoms with van der Waals surface area (Å²) in [7, 11) is 0. The number of benzene rings is 3. The van der Waals surface area contributed by atoms with Crippen molar-refractivity contribution in [3.8, 4) is 16.9 Å². The normalized spacial score (nSPS) is 13.2. The van der Waals surface area contributed by atoms with Crippen molar-refractivity contribution in [2.45, 2.75) is 60.0 Å². The Morgan fingerprint density at radius 1 is 0.889 bits per heavy atom. The van der Waals surface area contributed by atoms with Gasteiger partial charge < -0.3 is 10.6 Å². The van der Waals surface area contributed by atoms with Crippen molar-refractivity contribution in [3.63, 3.8) is 0 Å². The molecule has 1 aliphatic heterocycles. The van der Waals surface area contributed by atoms with E-state index in [0.717, 1.165) is 35.7 Å². The van der Waals surface area contributed by atoms with Gasteiger partial charge in [-0.1, -0.05) is 63.2 Å². The first kappa shape index (κ1) is 23.9. The minimum atomic E-state index is -0.421. The molecule has 0 saturated carbocycles. The molecule has 0 aliphatic carbocycles. The summed E-state index contributed by atoms with van der Waals surface area (Å²) in [6, 6.07) is 20.7. The maximum atomic E-state index is 11.7. The lowest BCUT2D eigenvalue weighted by Crippen LogP contribution is -2.19. The SMILES string of the molecule is Cc1ccc(C(C)(C)C)cc1N1Cc2nn(-c3c(C)cccc3C)c(-c3ccc(C(N)=O)cc3)c2C1. The zero-order valence-corrected chi connectivity index (χ0v) is 22.0. The highest BCUT2D eigenvalue weighted by atomic mass is 16.1. The lowest BCUT2D eigenvalue weighted by molar-refractivity contribution is 0.100. The van der Waals surface area contributed by atoms with E-state index in [1.54, 1.807) is 12.1 Å². The van der Waals surface area contributed by atoms with E-state index in [1.807, 2.05) is 12.1 Å². The van der Waals surface area contributed by atoms with Crippen molar-refractivity contribution >= 4 is 11.6 Å². The van der Waals surface area contributed by atoms with Crippen LogP contribution in [0.1, 0.15) is 64.6 Å². The number of nitrogens with two attached hydrogens (primary N) is 1. The van der Waals surface area contributed by atoms with Crippen LogP contribution in [-0.2, 0) is 18.5 Å². The molecule has 2 N–H and O–H groups in total. The first-order valence-electron chi connectivity index (χ1n) is 12.5. The number of fused-ring (bicyclic) bond motifs is 1. The van der Waals surface area contributed by atoms with Gasteiger partial charge in [-0.15, -0.1) is 0 Å². The Balaban J connectivity index is 1.64. The summed E-state index contributed by atoms with van der Waals surface area (Å²) >= 11 is 0. The highest BCUT2D eigenvalue weighted by Gasteiger charge is 2.31. The molecule has 3 aromatic carbocycles. The fourth-order valence-corrected chi connectivity index (χ4v) is 5.19.